The summed E-state index contributed by atoms with van der Waals surface area (Å²) in [6, 6.07) is 1.95. The number of thiophene rings is 1. The Bertz CT molecular complexity index is 356. The third-order valence-electron chi connectivity index (χ3n) is 2.70. The molecule has 1 rings (SSSR count). The van der Waals surface area contributed by atoms with E-state index in [-0.39, 0.29) is 5.91 Å². The van der Waals surface area contributed by atoms with Crippen molar-refractivity contribution in [2.45, 2.75) is 27.2 Å². The van der Waals surface area contributed by atoms with Gasteiger partial charge >= 0.3 is 0 Å². The summed E-state index contributed by atoms with van der Waals surface area (Å²) >= 11 is 4.96. The molecule has 4 heteroatoms. The van der Waals surface area contributed by atoms with E-state index >= 15 is 0 Å². The molecule has 0 radical (unpaired) electrons. The van der Waals surface area contributed by atoms with Crippen LogP contribution in [-0.2, 0) is 0 Å². The van der Waals surface area contributed by atoms with Crippen molar-refractivity contribution >= 4 is 33.2 Å². The summed E-state index contributed by atoms with van der Waals surface area (Å²) in [6.07, 6.45) is 1.10. The predicted octanol–water partition coefficient (Wildman–Crippen LogP) is 3.94. The molecule has 0 aliphatic carbocycles. The summed E-state index contributed by atoms with van der Waals surface area (Å²) < 4.78 is 1.05. The molecule has 0 aromatic carbocycles. The normalized spacial score (nSPS) is 12.6. The van der Waals surface area contributed by atoms with Gasteiger partial charge in [0.25, 0.3) is 5.91 Å². The molecule has 0 N–H and O–H groups in total. The molecule has 0 saturated heterocycles. The van der Waals surface area contributed by atoms with Gasteiger partial charge < -0.3 is 4.90 Å². The van der Waals surface area contributed by atoms with E-state index in [0.29, 0.717) is 5.92 Å². The van der Waals surface area contributed by atoms with Gasteiger partial charge in [-0.3, -0.25) is 4.79 Å². The van der Waals surface area contributed by atoms with Crippen LogP contribution in [0.5, 0.6) is 0 Å². The van der Waals surface area contributed by atoms with Gasteiger partial charge in [-0.05, 0) is 40.4 Å². The highest BCUT2D eigenvalue weighted by Gasteiger charge is 2.16. The lowest BCUT2D eigenvalue weighted by Gasteiger charge is -2.19. The van der Waals surface area contributed by atoms with Crippen LogP contribution in [0.1, 0.15) is 35.5 Å². The molecule has 0 fully saturated rings. The van der Waals surface area contributed by atoms with Crippen molar-refractivity contribution in [3.8, 4) is 0 Å². The van der Waals surface area contributed by atoms with Crippen molar-refractivity contribution in [1.29, 1.82) is 0 Å². The second-order valence-corrected chi connectivity index (χ2v) is 6.64. The Kier molecular flexibility index (Phi) is 4.99. The van der Waals surface area contributed by atoms with Crippen molar-refractivity contribution < 1.29 is 4.79 Å². The molecular weight excluding hydrogens is 286 g/mol. The summed E-state index contributed by atoms with van der Waals surface area (Å²) in [5.74, 6) is 0.678. The summed E-state index contributed by atoms with van der Waals surface area (Å²) in [7, 11) is 1.87. The Balaban J connectivity index is 2.70. The number of carbonyl (C=O) groups is 1. The summed E-state index contributed by atoms with van der Waals surface area (Å²) in [5.41, 5.74) is 1.13. The number of amides is 1. The number of rotatable bonds is 4. The number of carbonyl (C=O) groups excluding carboxylic acids is 1. The van der Waals surface area contributed by atoms with E-state index in [1.807, 2.05) is 24.9 Å². The van der Waals surface area contributed by atoms with Crippen molar-refractivity contribution in [2.75, 3.05) is 13.6 Å². The van der Waals surface area contributed by atoms with Gasteiger partial charge in [0, 0.05) is 13.6 Å². The molecule has 0 bridgehead atoms. The lowest BCUT2D eigenvalue weighted by atomic mass is 10.1. The van der Waals surface area contributed by atoms with Gasteiger partial charge in [-0.15, -0.1) is 11.3 Å². The van der Waals surface area contributed by atoms with Crippen molar-refractivity contribution in [3.05, 3.63) is 20.3 Å². The minimum absolute atomic E-state index is 0.124. The van der Waals surface area contributed by atoms with Gasteiger partial charge in [0.05, 0.1) is 8.66 Å². The van der Waals surface area contributed by atoms with Crippen molar-refractivity contribution in [2.24, 2.45) is 5.92 Å². The topological polar surface area (TPSA) is 20.3 Å². The van der Waals surface area contributed by atoms with Gasteiger partial charge in [-0.2, -0.15) is 0 Å². The highest BCUT2D eigenvalue weighted by molar-refractivity contribution is 9.11. The number of hydrogen-bond acceptors (Lipinski definition) is 2. The monoisotopic (exact) mass is 303 g/mol. The zero-order chi connectivity index (χ0) is 12.3. The molecule has 0 aliphatic heterocycles. The molecule has 1 aromatic heterocycles. The number of halogens is 1. The quantitative estimate of drug-likeness (QED) is 0.825. The highest BCUT2D eigenvalue weighted by atomic mass is 79.9. The third kappa shape index (κ3) is 3.32. The maximum absolute atomic E-state index is 12.1. The van der Waals surface area contributed by atoms with E-state index in [0.717, 1.165) is 27.2 Å². The molecule has 1 heterocycles. The summed E-state index contributed by atoms with van der Waals surface area (Å²) in [6.45, 7) is 7.14. The second-order valence-electron chi connectivity index (χ2n) is 4.27. The van der Waals surface area contributed by atoms with Crippen LogP contribution in [0.25, 0.3) is 0 Å². The largest absolute Gasteiger partial charge is 0.341 e. The SMILES string of the molecule is CCC(C)CN(C)C(=O)c1cc(C)c(Br)s1. The number of aryl methyl sites for hydroxylation is 1. The molecule has 0 saturated carbocycles. The van der Waals surface area contributed by atoms with Gasteiger partial charge in [-0.25, -0.2) is 0 Å². The maximum atomic E-state index is 12.1. The lowest BCUT2D eigenvalue weighted by molar-refractivity contribution is 0.0779. The van der Waals surface area contributed by atoms with Crippen molar-refractivity contribution in [1.82, 2.24) is 4.90 Å². The average Bonchev–Trinajstić information content (AvgIpc) is 2.57. The van der Waals surface area contributed by atoms with E-state index in [4.69, 9.17) is 0 Å². The Labute approximate surface area is 110 Å². The molecular formula is C12H18BrNOS. The smallest absolute Gasteiger partial charge is 0.263 e. The molecule has 16 heavy (non-hydrogen) atoms. The van der Waals surface area contributed by atoms with Crippen LogP contribution < -0.4 is 0 Å². The molecule has 1 unspecified atom stereocenters. The van der Waals surface area contributed by atoms with Gasteiger partial charge in [0.2, 0.25) is 0 Å². The van der Waals surface area contributed by atoms with Crippen LogP contribution in [0.3, 0.4) is 0 Å². The molecule has 0 spiro atoms. The Hall–Kier alpha value is -0.350. The minimum atomic E-state index is 0.124. The summed E-state index contributed by atoms with van der Waals surface area (Å²) in [5, 5.41) is 0. The first kappa shape index (κ1) is 13.7. The fourth-order valence-corrected chi connectivity index (χ4v) is 2.96. The van der Waals surface area contributed by atoms with Crippen LogP contribution in [0.15, 0.2) is 9.85 Å². The zero-order valence-corrected chi connectivity index (χ0v) is 12.6. The molecule has 90 valence electrons. The zero-order valence-electron chi connectivity index (χ0n) is 10.2. The predicted molar refractivity (Wildman–Crippen MR) is 73.2 cm³/mol. The molecule has 2 nitrogen and oxygen atoms in total. The lowest BCUT2D eigenvalue weighted by Crippen LogP contribution is -2.30. The van der Waals surface area contributed by atoms with E-state index in [1.54, 1.807) is 0 Å². The Morgan fingerprint density at radius 3 is 2.69 bits per heavy atom. The van der Waals surface area contributed by atoms with E-state index < -0.39 is 0 Å². The second kappa shape index (κ2) is 5.82. The first-order valence-electron chi connectivity index (χ1n) is 5.47. The maximum Gasteiger partial charge on any atom is 0.263 e. The van der Waals surface area contributed by atoms with Crippen LogP contribution in [0.2, 0.25) is 0 Å². The van der Waals surface area contributed by atoms with E-state index in [9.17, 15) is 4.79 Å². The molecule has 1 amide bonds. The third-order valence-corrected chi connectivity index (χ3v) is 4.82. The number of hydrogen-bond donors (Lipinski definition) is 0. The van der Waals surface area contributed by atoms with Crippen LogP contribution >= 0.6 is 27.3 Å². The van der Waals surface area contributed by atoms with Crippen molar-refractivity contribution in [3.63, 3.8) is 0 Å². The number of nitrogens with zero attached hydrogens (tertiary/aromatic N) is 1. The molecule has 1 aromatic rings. The van der Waals surface area contributed by atoms with E-state index in [1.165, 1.54) is 11.3 Å². The van der Waals surface area contributed by atoms with Crippen LogP contribution in [-0.4, -0.2) is 24.4 Å². The van der Waals surface area contributed by atoms with Gasteiger partial charge in [0.15, 0.2) is 0 Å². The molecule has 0 aliphatic rings. The average molecular weight is 304 g/mol. The fraction of sp³-hybridized carbons (Fsp3) is 0.583. The van der Waals surface area contributed by atoms with E-state index in [2.05, 4.69) is 29.8 Å². The Morgan fingerprint density at radius 1 is 1.62 bits per heavy atom. The minimum Gasteiger partial charge on any atom is -0.341 e. The van der Waals surface area contributed by atoms with Crippen LogP contribution in [0, 0.1) is 12.8 Å². The first-order chi connectivity index (χ1) is 7.45. The molecule has 1 atom stereocenters. The first-order valence-corrected chi connectivity index (χ1v) is 7.08. The fourth-order valence-electron chi connectivity index (χ4n) is 1.43. The van der Waals surface area contributed by atoms with Crippen LogP contribution in [0.4, 0.5) is 0 Å². The standard InChI is InChI=1S/C12H18BrNOS/c1-5-8(2)7-14(4)12(15)10-6-9(3)11(13)16-10/h6,8H,5,7H2,1-4H3. The Morgan fingerprint density at radius 2 is 2.25 bits per heavy atom. The van der Waals surface area contributed by atoms with Gasteiger partial charge in [0.1, 0.15) is 0 Å². The highest BCUT2D eigenvalue weighted by Crippen LogP contribution is 2.28. The summed E-state index contributed by atoms with van der Waals surface area (Å²) in [4.78, 5) is 14.7. The van der Waals surface area contributed by atoms with Gasteiger partial charge in [-0.1, -0.05) is 20.3 Å².